The molecule has 0 bridgehead atoms. The van der Waals surface area contributed by atoms with Crippen LogP contribution in [0.4, 0.5) is 5.69 Å². The number of likely N-dealkylation sites (N-methyl/N-ethyl adjacent to an activating group) is 1. The molecule has 0 aliphatic carbocycles. The molecule has 1 N–H and O–H groups in total. The van der Waals surface area contributed by atoms with Crippen LogP contribution in [0, 0.1) is 19.3 Å². The highest BCUT2D eigenvalue weighted by Gasteiger charge is 2.25. The zero-order valence-corrected chi connectivity index (χ0v) is 17.5. The molecule has 0 spiro atoms. The van der Waals surface area contributed by atoms with Crippen LogP contribution in [0.5, 0.6) is 0 Å². The van der Waals surface area contributed by atoms with E-state index < -0.39 is 0 Å². The minimum atomic E-state index is -0.337. The average molecular weight is 420 g/mol. The minimum absolute atomic E-state index is 0.0888. The van der Waals surface area contributed by atoms with Crippen LogP contribution in [-0.2, 0) is 17.8 Å². The van der Waals surface area contributed by atoms with Gasteiger partial charge in [-0.15, -0.1) is 17.8 Å². The quantitative estimate of drug-likeness (QED) is 0.657. The third kappa shape index (κ3) is 3.48. The van der Waals surface area contributed by atoms with Crippen molar-refractivity contribution in [1.29, 1.82) is 0 Å². The van der Waals surface area contributed by atoms with Crippen molar-refractivity contribution < 1.29 is 9.59 Å². The van der Waals surface area contributed by atoms with E-state index in [0.717, 1.165) is 18.7 Å². The number of nitrogens with one attached hydrogen (secondary N) is 1. The number of carbonyl (C=O) groups is 2. The summed E-state index contributed by atoms with van der Waals surface area (Å²) >= 11 is 1.21. The molecule has 1 aliphatic heterocycles. The summed E-state index contributed by atoms with van der Waals surface area (Å²) in [6.45, 7) is 2.29. The fourth-order valence-electron chi connectivity index (χ4n) is 3.63. The SMILES string of the molecule is C#Cc1cccc(NC(=O)CN(C)C(=O)c2sc3nc4n(c(=O)c3c2C)CCC4)c1. The third-order valence-electron chi connectivity index (χ3n) is 5.15. The molecule has 2 aromatic heterocycles. The fraction of sp³-hybridized carbons (Fsp3) is 0.273. The van der Waals surface area contributed by atoms with Crippen LogP contribution in [0.1, 0.15) is 33.0 Å². The van der Waals surface area contributed by atoms with Crippen molar-refractivity contribution in [2.45, 2.75) is 26.3 Å². The molecule has 0 atom stereocenters. The molecular weight excluding hydrogens is 400 g/mol. The van der Waals surface area contributed by atoms with Crippen molar-refractivity contribution in [3.8, 4) is 12.3 Å². The Morgan fingerprint density at radius 3 is 2.97 bits per heavy atom. The Morgan fingerprint density at radius 2 is 2.20 bits per heavy atom. The molecule has 4 rings (SSSR count). The number of aromatic nitrogens is 2. The van der Waals surface area contributed by atoms with E-state index >= 15 is 0 Å². The van der Waals surface area contributed by atoms with Crippen molar-refractivity contribution in [2.75, 3.05) is 18.9 Å². The first-order valence-corrected chi connectivity index (χ1v) is 10.4. The van der Waals surface area contributed by atoms with Crippen LogP contribution in [0.3, 0.4) is 0 Å². The van der Waals surface area contributed by atoms with E-state index in [1.54, 1.807) is 42.8 Å². The van der Waals surface area contributed by atoms with Crippen LogP contribution in [-0.4, -0.2) is 39.9 Å². The van der Waals surface area contributed by atoms with Gasteiger partial charge in [-0.05, 0) is 37.1 Å². The number of anilines is 1. The second-order valence-electron chi connectivity index (χ2n) is 7.26. The van der Waals surface area contributed by atoms with Gasteiger partial charge in [-0.2, -0.15) is 0 Å². The Hall–Kier alpha value is -3.44. The summed E-state index contributed by atoms with van der Waals surface area (Å²) in [6, 6.07) is 6.94. The second-order valence-corrected chi connectivity index (χ2v) is 8.26. The number of hydrogen-bond donors (Lipinski definition) is 1. The lowest BCUT2D eigenvalue weighted by Gasteiger charge is -2.16. The molecule has 8 heteroatoms. The number of rotatable bonds is 4. The van der Waals surface area contributed by atoms with E-state index in [2.05, 4.69) is 16.2 Å². The lowest BCUT2D eigenvalue weighted by atomic mass is 10.2. The van der Waals surface area contributed by atoms with Crippen molar-refractivity contribution in [3.05, 3.63) is 56.4 Å². The number of carbonyl (C=O) groups excluding carboxylic acids is 2. The minimum Gasteiger partial charge on any atom is -0.332 e. The Labute approximate surface area is 177 Å². The van der Waals surface area contributed by atoms with Gasteiger partial charge in [-0.25, -0.2) is 4.98 Å². The predicted molar refractivity (Wildman–Crippen MR) is 117 cm³/mol. The molecule has 3 heterocycles. The average Bonchev–Trinajstić information content (AvgIpc) is 3.32. The predicted octanol–water partition coefficient (Wildman–Crippen LogP) is 2.40. The van der Waals surface area contributed by atoms with Crippen molar-refractivity contribution in [1.82, 2.24) is 14.5 Å². The molecule has 0 radical (unpaired) electrons. The monoisotopic (exact) mass is 420 g/mol. The van der Waals surface area contributed by atoms with E-state index in [1.165, 1.54) is 16.2 Å². The summed E-state index contributed by atoms with van der Waals surface area (Å²) < 4.78 is 1.69. The van der Waals surface area contributed by atoms with Crippen molar-refractivity contribution in [2.24, 2.45) is 0 Å². The summed E-state index contributed by atoms with van der Waals surface area (Å²) in [7, 11) is 1.56. The van der Waals surface area contributed by atoms with Crippen LogP contribution in [0.15, 0.2) is 29.1 Å². The van der Waals surface area contributed by atoms with Crippen LogP contribution < -0.4 is 10.9 Å². The number of benzene rings is 1. The molecule has 3 aromatic rings. The Balaban J connectivity index is 1.54. The zero-order chi connectivity index (χ0) is 21.4. The van der Waals surface area contributed by atoms with Crippen LogP contribution in [0.2, 0.25) is 0 Å². The van der Waals surface area contributed by atoms with Gasteiger partial charge in [-0.1, -0.05) is 12.0 Å². The number of fused-ring (bicyclic) bond motifs is 2. The van der Waals surface area contributed by atoms with Gasteiger partial charge in [0.05, 0.1) is 16.8 Å². The Morgan fingerprint density at radius 1 is 1.40 bits per heavy atom. The number of thiophene rings is 1. The molecule has 0 saturated heterocycles. The van der Waals surface area contributed by atoms with Crippen molar-refractivity contribution >= 4 is 39.1 Å². The highest BCUT2D eigenvalue weighted by molar-refractivity contribution is 7.20. The van der Waals surface area contributed by atoms with Gasteiger partial charge in [0, 0.05) is 31.3 Å². The molecule has 0 fully saturated rings. The van der Waals surface area contributed by atoms with Gasteiger partial charge >= 0.3 is 0 Å². The topological polar surface area (TPSA) is 84.3 Å². The smallest absolute Gasteiger partial charge is 0.264 e. The summed E-state index contributed by atoms with van der Waals surface area (Å²) in [6.07, 6.45) is 7.06. The number of terminal acetylenes is 1. The van der Waals surface area contributed by atoms with Gasteiger partial charge in [0.1, 0.15) is 10.7 Å². The maximum Gasteiger partial charge on any atom is 0.264 e. The lowest BCUT2D eigenvalue weighted by molar-refractivity contribution is -0.116. The normalized spacial score (nSPS) is 12.4. The summed E-state index contributed by atoms with van der Waals surface area (Å²) in [4.78, 5) is 45.1. The van der Waals surface area contributed by atoms with E-state index in [0.29, 0.717) is 38.5 Å². The molecule has 30 heavy (non-hydrogen) atoms. The second kappa shape index (κ2) is 7.76. The maximum atomic E-state index is 13.0. The molecule has 0 saturated carbocycles. The maximum absolute atomic E-state index is 13.0. The van der Waals surface area contributed by atoms with Crippen LogP contribution >= 0.6 is 11.3 Å². The van der Waals surface area contributed by atoms with E-state index in [4.69, 9.17) is 6.42 Å². The lowest BCUT2D eigenvalue weighted by Crippen LogP contribution is -2.34. The Bertz CT molecular complexity index is 1280. The highest BCUT2D eigenvalue weighted by atomic mass is 32.1. The molecule has 152 valence electrons. The Kier molecular flexibility index (Phi) is 5.14. The molecule has 7 nitrogen and oxygen atoms in total. The van der Waals surface area contributed by atoms with Gasteiger partial charge < -0.3 is 10.2 Å². The molecular formula is C22H20N4O3S. The van der Waals surface area contributed by atoms with E-state index in [1.807, 2.05) is 0 Å². The third-order valence-corrected chi connectivity index (χ3v) is 6.32. The van der Waals surface area contributed by atoms with E-state index in [-0.39, 0.29) is 23.9 Å². The highest BCUT2D eigenvalue weighted by Crippen LogP contribution is 2.29. The molecule has 2 amide bonds. The summed E-state index contributed by atoms with van der Waals surface area (Å²) in [5, 5.41) is 3.24. The first-order valence-electron chi connectivity index (χ1n) is 9.54. The van der Waals surface area contributed by atoms with Gasteiger partial charge in [0.25, 0.3) is 11.5 Å². The molecule has 1 aliphatic rings. The number of nitrogens with zero attached hydrogens (tertiary/aromatic N) is 3. The molecule has 0 unspecified atom stereocenters. The summed E-state index contributed by atoms with van der Waals surface area (Å²) in [5.41, 5.74) is 1.76. The molecule has 1 aromatic carbocycles. The first-order chi connectivity index (χ1) is 14.4. The zero-order valence-electron chi connectivity index (χ0n) is 16.7. The van der Waals surface area contributed by atoms with E-state index in [9.17, 15) is 14.4 Å². The number of amides is 2. The standard InChI is InChI=1S/C22H20N4O3S/c1-4-14-7-5-8-15(11-14)23-17(27)12-25(3)22(29)19-13(2)18-20(30-19)24-16-9-6-10-26(16)21(18)28/h1,5,7-8,11H,6,9-10,12H2,2-3H3,(H,23,27). The van der Waals surface area contributed by atoms with Gasteiger partial charge in [0.15, 0.2) is 0 Å². The first kappa shape index (κ1) is 19.9. The largest absolute Gasteiger partial charge is 0.332 e. The van der Waals surface area contributed by atoms with Crippen molar-refractivity contribution in [3.63, 3.8) is 0 Å². The van der Waals surface area contributed by atoms with Gasteiger partial charge in [0.2, 0.25) is 5.91 Å². The summed E-state index contributed by atoms with van der Waals surface area (Å²) in [5.74, 6) is 2.64. The number of hydrogen-bond acceptors (Lipinski definition) is 5. The van der Waals surface area contributed by atoms with Crippen LogP contribution in [0.25, 0.3) is 10.2 Å². The fourth-order valence-corrected chi connectivity index (χ4v) is 4.81. The van der Waals surface area contributed by atoms with Gasteiger partial charge in [-0.3, -0.25) is 19.0 Å². The number of aryl methyl sites for hydroxylation is 2.